The predicted molar refractivity (Wildman–Crippen MR) is 544 cm³/mol. The lowest BCUT2D eigenvalue weighted by atomic mass is 9.99. The van der Waals surface area contributed by atoms with E-state index in [9.17, 15) is 86.9 Å². The molecule has 0 aliphatic heterocycles. The number of carbonyl (C=O) groups excluding carboxylic acids is 3. The molecular formula is C111H120F12N12O6S3. The van der Waals surface area contributed by atoms with Gasteiger partial charge in [0.05, 0.1) is 54.2 Å². The van der Waals surface area contributed by atoms with E-state index < -0.39 is 395 Å². The molecule has 3 aromatic heterocycles. The van der Waals surface area contributed by atoms with Crippen molar-refractivity contribution in [2.75, 3.05) is 78.3 Å². The van der Waals surface area contributed by atoms with Gasteiger partial charge in [0.15, 0.2) is 15.5 Å². The van der Waals surface area contributed by atoms with Crippen LogP contribution in [0, 0.1) is 29.2 Å². The van der Waals surface area contributed by atoms with Crippen LogP contribution in [0.1, 0.15) is 223 Å². The van der Waals surface area contributed by atoms with Crippen LogP contribution in [0.2, 0.25) is 0 Å². The Kier molecular flexibility index (Phi) is 21.7. The van der Waals surface area contributed by atoms with Crippen molar-refractivity contribution in [1.82, 2.24) is 58.1 Å². The Bertz CT molecular complexity index is 9050. The minimum absolute atomic E-state index is 0.0156. The maximum absolute atomic E-state index is 15.2. The van der Waals surface area contributed by atoms with Crippen LogP contribution >= 0.6 is 35.3 Å². The van der Waals surface area contributed by atoms with E-state index >= 15 is 9.59 Å². The van der Waals surface area contributed by atoms with E-state index in [1.54, 1.807) is 13.8 Å². The number of hydrogen-bond acceptors (Lipinski definition) is 15. The van der Waals surface area contributed by atoms with Crippen molar-refractivity contribution in [3.05, 3.63) is 350 Å². The number of carbonyl (C=O) groups is 3. The van der Waals surface area contributed by atoms with E-state index in [1.807, 2.05) is 0 Å². The van der Waals surface area contributed by atoms with Crippen LogP contribution in [0.15, 0.2) is 248 Å². The number of amides is 3. The summed E-state index contributed by atoms with van der Waals surface area (Å²) in [5.74, 6) is -14.7. The van der Waals surface area contributed by atoms with Gasteiger partial charge in [0.25, 0.3) is 16.7 Å². The third-order valence-corrected chi connectivity index (χ3v) is 23.9. The zero-order chi connectivity index (χ0) is 145. The third kappa shape index (κ3) is 29.3. The maximum Gasteiger partial charge on any atom is 0.416 e. The Balaban J connectivity index is 0.000000233. The zero-order valence-corrected chi connectivity index (χ0v) is 80.2. The Hall–Kier alpha value is -11.9. The van der Waals surface area contributed by atoms with E-state index in [2.05, 4.69) is 15.0 Å². The molecule has 762 valence electrons. The Morgan fingerprint density at radius 1 is 0.403 bits per heavy atom. The number of fused-ring (bicyclic) bond motifs is 3. The van der Waals surface area contributed by atoms with Gasteiger partial charge in [-0.1, -0.05) is 236 Å². The van der Waals surface area contributed by atoms with Gasteiger partial charge in [-0.2, -0.15) is 54.5 Å². The monoisotopic (exact) mass is 2090 g/mol. The average Bonchev–Trinajstić information content (AvgIpc) is 1.51. The first-order valence-corrected chi connectivity index (χ1v) is 46.1. The van der Waals surface area contributed by atoms with Crippen molar-refractivity contribution in [3.8, 4) is 33.4 Å². The molecule has 0 saturated heterocycles. The molecule has 3 amide bonds. The number of halogens is 12. The Morgan fingerprint density at radius 3 is 1.17 bits per heavy atom. The van der Waals surface area contributed by atoms with E-state index in [0.29, 0.717) is 41.1 Å². The zero-order valence-electron chi connectivity index (χ0n) is 125. The molecule has 0 radical (unpaired) electrons. The summed E-state index contributed by atoms with van der Waals surface area (Å²) in [4.78, 5) is 101. The first-order chi connectivity index (χ1) is 86.7. The van der Waals surface area contributed by atoms with Crippen molar-refractivity contribution in [2.24, 2.45) is 11.8 Å². The summed E-state index contributed by atoms with van der Waals surface area (Å²) in [7, 11) is 0. The van der Waals surface area contributed by atoms with Gasteiger partial charge in [0, 0.05) is 136 Å². The highest BCUT2D eigenvalue weighted by Crippen LogP contribution is 2.39. The molecule has 12 aromatic rings. The number of benzene rings is 9. The van der Waals surface area contributed by atoms with Gasteiger partial charge in [-0.15, -0.1) is 0 Å². The van der Waals surface area contributed by atoms with Crippen molar-refractivity contribution in [1.29, 1.82) is 0 Å². The van der Waals surface area contributed by atoms with Crippen molar-refractivity contribution >= 4 is 53.0 Å². The quantitative estimate of drug-likeness (QED) is 0.0202. The molecule has 3 aliphatic rings. The molecule has 0 spiro atoms. The molecule has 3 heterocycles. The van der Waals surface area contributed by atoms with Crippen LogP contribution < -0.4 is 16.7 Å². The fraction of sp³-hybridized carbons (Fsp3) is 0.378. The fourth-order valence-electron chi connectivity index (χ4n) is 14.0. The molecule has 3 unspecified atom stereocenters. The topological polar surface area (TPSA) is 175 Å². The van der Waals surface area contributed by atoms with Gasteiger partial charge in [-0.3, -0.25) is 28.8 Å². The fourth-order valence-corrected chi connectivity index (χ4v) is 16.1. The van der Waals surface area contributed by atoms with Crippen molar-refractivity contribution in [3.63, 3.8) is 0 Å². The van der Waals surface area contributed by atoms with Gasteiger partial charge in [0.2, 0.25) is 17.7 Å². The lowest BCUT2D eigenvalue weighted by Crippen LogP contribution is -2.42. The van der Waals surface area contributed by atoms with Crippen LogP contribution in [0.25, 0.3) is 33.4 Å². The summed E-state index contributed by atoms with van der Waals surface area (Å²) < 4.78 is 575. The molecule has 18 nitrogen and oxygen atoms in total. The molecule has 33 heteroatoms. The summed E-state index contributed by atoms with van der Waals surface area (Å²) in [5, 5.41) is -3.01. The number of thioether (sulfide) groups is 3. The van der Waals surface area contributed by atoms with Gasteiger partial charge in [-0.05, 0) is 242 Å². The van der Waals surface area contributed by atoms with Crippen LogP contribution in [0.4, 0.5) is 52.7 Å². The molecule has 3 aliphatic carbocycles. The third-order valence-electron chi connectivity index (χ3n) is 21.6. The SMILES string of the molecule is [2H]C([2H])(Sc1nc(=O)c2c(n1C([2H])([2H])C(=O)N(CCN(C([2H])([2H])C)C([2H])([2H])C)C([2H])(C)c1ccc(-c3ccc(C(F)(F)F)cc3)cc1)CCC2)c1ccc(F)cc1.[2H]C([2H])(Sc1nc(=O)c2c(n1C([2H])([2H])C(=O)N(CCN(C([2H])([2H])C)C([2H])([2H])C)C([2H])([2H])c1ccc(-c3ccc(C(F)(F)F)cc3)cc1)C([2H])([2H])C([2H])(C)C2([2H])[2H])c1ccc(F)cc1.[2H]c1c([2H])c(C([2H])([2H])Sc2nc(=O)c3c(n2C([2H])([2H])C(=O)N(CCN(CC)CC)C([2H])([2H])c2c([2H])c([2H])c(-c4c([2H])c([2H])c(C(F)(F)F)c([2H])c4[2H])c([2H])c2[2H])C([2H])([2H])C([2H])(C)C3([2H])[2H])c([2H])c([2H])c1F. The van der Waals surface area contributed by atoms with E-state index in [-0.39, 0.29) is 95.7 Å². The van der Waals surface area contributed by atoms with Gasteiger partial charge < -0.3 is 43.1 Å². The molecule has 0 bridgehead atoms. The number of hydrogen-bond donors (Lipinski definition) is 0. The number of likely N-dealkylation sites (N-methyl/N-ethyl adjacent to an activating group) is 3. The largest absolute Gasteiger partial charge is 0.416 e. The first-order valence-electron chi connectivity index (χ1n) is 67.1. The van der Waals surface area contributed by atoms with Gasteiger partial charge >= 0.3 is 18.5 Å². The minimum atomic E-state index is -5.44. The normalized spacial score (nSPS) is 22.7. The second-order valence-corrected chi connectivity index (χ2v) is 33.3. The second kappa shape index (κ2) is 50.3. The lowest BCUT2D eigenvalue weighted by molar-refractivity contribution is -0.138. The van der Waals surface area contributed by atoms with E-state index in [4.69, 9.17) is 49.3 Å². The summed E-state index contributed by atoms with van der Waals surface area (Å²) in [5.41, 5.74) is -25.7. The molecule has 15 rings (SSSR count). The van der Waals surface area contributed by atoms with E-state index in [1.165, 1.54) is 72.5 Å². The molecule has 0 N–H and O–H groups in total. The molecule has 144 heavy (non-hydrogen) atoms. The highest BCUT2D eigenvalue weighted by molar-refractivity contribution is 7.98. The Morgan fingerprint density at radius 2 is 0.757 bits per heavy atom. The highest BCUT2D eigenvalue weighted by Gasteiger charge is 2.36. The van der Waals surface area contributed by atoms with Crippen LogP contribution in [-0.2, 0) is 121 Å². The lowest BCUT2D eigenvalue weighted by Gasteiger charge is -2.33. The highest BCUT2D eigenvalue weighted by atomic mass is 32.2. The smallest absolute Gasteiger partial charge is 0.336 e. The number of rotatable bonds is 39. The average molecular weight is 2090 g/mol. The second-order valence-electron chi connectivity index (χ2n) is 30.9. The molecule has 3 atom stereocenters. The molecule has 9 aromatic carbocycles. The molecular weight excluding hydrogens is 1920 g/mol. The molecule has 0 saturated carbocycles. The standard InChI is InChI=1S/3C37H40F4N4O2S/c2*1-4-43(5-2)18-19-44(22-26-6-10-28(11-7-26)29-12-14-30(15-13-29)37(39,40)41)34(46)23-45-33-21-25(3)20-32(33)35(47)42-36(45)48-24-27-8-16-31(38)17-9-27;1-4-43(5-2)21-22-44(25(3)27-11-13-28(14-12-27)29-15-17-30(18-16-29)37(39,40)41)34(46)23-45-33-8-6-7-32(33)35(47)42-36(45)48-24-26-9-19-31(38)20-10-26/h2*6-17,25H,4-5,18-24H2,1-3H3;9-20,25H,4-8,21-24H2,1-3H3/i6D,7D,8D,9D,10D,11D,12D,13D,14D,15D,16D,17D,20D2,21D2,22D2,23D2,24D2,25D;4D2,5D2,20D2,21D2,22D2,23D2,24D2,25D;4D2,5D2,23D2,24D2,25D. The molecule has 0 fully saturated rings. The van der Waals surface area contributed by atoms with E-state index in [0.717, 1.165) is 134 Å². The first kappa shape index (κ1) is 62.2. The van der Waals surface area contributed by atoms with Crippen molar-refractivity contribution in [2.45, 2.75) is 197 Å². The number of alkyl halides is 9. The Labute approximate surface area is 910 Å². The van der Waals surface area contributed by atoms with Gasteiger partial charge in [-0.25, -0.2) is 13.2 Å². The van der Waals surface area contributed by atoms with Crippen LogP contribution in [0.3, 0.4) is 0 Å². The van der Waals surface area contributed by atoms with Gasteiger partial charge in [0.1, 0.15) is 36.9 Å². The minimum Gasteiger partial charge on any atom is -0.336 e. The summed E-state index contributed by atoms with van der Waals surface area (Å²) in [6.45, 7) is -21.8. The summed E-state index contributed by atoms with van der Waals surface area (Å²) in [6.07, 6.45) is -27.5. The number of aromatic nitrogens is 6. The number of nitrogens with zero attached hydrogens (tertiary/aromatic N) is 12. The maximum atomic E-state index is 15.2. The van der Waals surface area contributed by atoms with Crippen LogP contribution in [0.5, 0.6) is 0 Å². The van der Waals surface area contributed by atoms with Crippen LogP contribution in [-0.4, -0.2) is 154 Å². The predicted octanol–water partition coefficient (Wildman–Crippen LogP) is 22.7. The summed E-state index contributed by atoms with van der Waals surface area (Å²) >= 11 is -0.207. The van der Waals surface area contributed by atoms with Crippen molar-refractivity contribution < 1.29 is 131 Å². The summed E-state index contributed by atoms with van der Waals surface area (Å²) in [6, 6.07) is 7.68.